The van der Waals surface area contributed by atoms with E-state index in [0.717, 1.165) is 18.8 Å². The van der Waals surface area contributed by atoms with Crippen molar-refractivity contribution in [1.82, 2.24) is 14.2 Å². The van der Waals surface area contributed by atoms with Gasteiger partial charge in [0, 0.05) is 51.2 Å². The molecule has 4 rings (SSSR count). The Hall–Kier alpha value is -2.16. The fourth-order valence-corrected chi connectivity index (χ4v) is 5.36. The van der Waals surface area contributed by atoms with E-state index in [1.54, 1.807) is 6.92 Å². The number of aromatic nitrogens is 1. The number of halogens is 1. The number of pyridine rings is 1. The van der Waals surface area contributed by atoms with Gasteiger partial charge < -0.3 is 9.80 Å². The van der Waals surface area contributed by atoms with Crippen LogP contribution in [-0.2, 0) is 14.8 Å². The summed E-state index contributed by atoms with van der Waals surface area (Å²) < 4.78 is 26.8. The molecule has 0 atom stereocenters. The first-order valence-electron chi connectivity index (χ1n) is 9.57. The lowest BCUT2D eigenvalue weighted by Gasteiger charge is -2.42. The number of piperazine rings is 1. The average Bonchev–Trinajstić information content (AvgIpc) is 2.69. The number of benzene rings is 1. The van der Waals surface area contributed by atoms with Gasteiger partial charge in [-0.2, -0.15) is 4.31 Å². The van der Waals surface area contributed by atoms with E-state index in [-0.39, 0.29) is 35.0 Å². The minimum absolute atomic E-state index is 0.0366. The molecule has 1 aromatic heterocycles. The first-order chi connectivity index (χ1) is 13.9. The number of aryl methyl sites for hydroxylation is 1. The Morgan fingerprint density at radius 2 is 1.76 bits per heavy atom. The molecule has 1 aromatic carbocycles. The van der Waals surface area contributed by atoms with Crippen LogP contribution >= 0.6 is 11.6 Å². The predicted octanol–water partition coefficient (Wildman–Crippen LogP) is 2.01. The van der Waals surface area contributed by atoms with E-state index in [1.165, 1.54) is 16.6 Å². The zero-order valence-corrected chi connectivity index (χ0v) is 17.7. The highest BCUT2D eigenvalue weighted by Gasteiger charge is 2.42. The molecule has 0 aliphatic carbocycles. The maximum absolute atomic E-state index is 12.8. The topological polar surface area (TPSA) is 73.8 Å². The van der Waals surface area contributed by atoms with Crippen molar-refractivity contribution < 1.29 is 13.2 Å². The maximum atomic E-state index is 12.8. The molecule has 3 heterocycles. The van der Waals surface area contributed by atoms with E-state index in [1.807, 2.05) is 23.1 Å². The van der Waals surface area contributed by atoms with E-state index in [4.69, 9.17) is 11.6 Å². The van der Waals surface area contributed by atoms with Crippen molar-refractivity contribution in [3.8, 4) is 0 Å². The van der Waals surface area contributed by atoms with Crippen molar-refractivity contribution in [2.75, 3.05) is 44.2 Å². The summed E-state index contributed by atoms with van der Waals surface area (Å²) in [6, 6.07) is 11.7. The summed E-state index contributed by atoms with van der Waals surface area (Å²) in [7, 11) is -3.65. The van der Waals surface area contributed by atoms with Crippen LogP contribution < -0.4 is 4.90 Å². The standard InChI is InChI=1S/C20H23ClN4O3S/c1-15-11-18(12-22-19(15)21)29(27,28)25-13-16(14-25)20(26)24-9-7-23(8-10-24)17-5-3-2-4-6-17/h2-6,11-12,16H,7-10,13-14H2,1H3. The van der Waals surface area contributed by atoms with E-state index in [0.29, 0.717) is 18.7 Å². The van der Waals surface area contributed by atoms with Crippen LogP contribution in [0.3, 0.4) is 0 Å². The van der Waals surface area contributed by atoms with Crippen molar-refractivity contribution in [1.29, 1.82) is 0 Å². The van der Waals surface area contributed by atoms with E-state index in [2.05, 4.69) is 22.0 Å². The SMILES string of the molecule is Cc1cc(S(=O)(=O)N2CC(C(=O)N3CCN(c4ccccc4)CC3)C2)cnc1Cl. The largest absolute Gasteiger partial charge is 0.368 e. The second-order valence-corrected chi connectivity index (χ2v) is 9.74. The van der Waals surface area contributed by atoms with E-state index in [9.17, 15) is 13.2 Å². The molecule has 0 saturated carbocycles. The molecule has 0 N–H and O–H groups in total. The minimum atomic E-state index is -3.65. The highest BCUT2D eigenvalue weighted by Crippen LogP contribution is 2.28. The number of carbonyl (C=O) groups is 1. The summed E-state index contributed by atoms with van der Waals surface area (Å²) in [6.07, 6.45) is 1.27. The first kappa shape index (κ1) is 20.1. The Bertz CT molecular complexity index is 1000. The average molecular weight is 435 g/mol. The highest BCUT2D eigenvalue weighted by atomic mass is 35.5. The van der Waals surface area contributed by atoms with Crippen molar-refractivity contribution in [2.45, 2.75) is 11.8 Å². The van der Waals surface area contributed by atoms with Crippen molar-refractivity contribution in [3.05, 3.63) is 53.3 Å². The zero-order chi connectivity index (χ0) is 20.6. The van der Waals surface area contributed by atoms with Crippen molar-refractivity contribution >= 4 is 33.2 Å². The second kappa shape index (κ2) is 7.93. The van der Waals surface area contributed by atoms with Crippen LogP contribution in [0.5, 0.6) is 0 Å². The monoisotopic (exact) mass is 434 g/mol. The van der Waals surface area contributed by atoms with Gasteiger partial charge in [0.2, 0.25) is 15.9 Å². The molecule has 29 heavy (non-hydrogen) atoms. The van der Waals surface area contributed by atoms with Gasteiger partial charge in [0.1, 0.15) is 10.0 Å². The number of anilines is 1. The predicted molar refractivity (Wildman–Crippen MR) is 111 cm³/mol. The molecule has 0 spiro atoms. The lowest BCUT2D eigenvalue weighted by atomic mass is 10.0. The van der Waals surface area contributed by atoms with Crippen LogP contribution in [0.1, 0.15) is 5.56 Å². The van der Waals surface area contributed by atoms with Gasteiger partial charge in [-0.1, -0.05) is 29.8 Å². The Balaban J connectivity index is 1.33. The quantitative estimate of drug-likeness (QED) is 0.688. The van der Waals surface area contributed by atoms with Crippen molar-refractivity contribution in [2.24, 2.45) is 5.92 Å². The normalized spacial score (nSPS) is 18.6. The molecule has 9 heteroatoms. The van der Waals surface area contributed by atoms with E-state index >= 15 is 0 Å². The molecule has 7 nitrogen and oxygen atoms in total. The number of rotatable bonds is 4. The Morgan fingerprint density at radius 1 is 1.10 bits per heavy atom. The maximum Gasteiger partial charge on any atom is 0.244 e. The Kier molecular flexibility index (Phi) is 5.50. The van der Waals surface area contributed by atoms with Gasteiger partial charge in [-0.15, -0.1) is 0 Å². The molecule has 0 unspecified atom stereocenters. The fraction of sp³-hybridized carbons (Fsp3) is 0.400. The lowest BCUT2D eigenvalue weighted by Crippen LogP contribution is -2.59. The van der Waals surface area contributed by atoms with Crippen LogP contribution in [0.25, 0.3) is 0 Å². The third-order valence-corrected chi connectivity index (χ3v) is 7.73. The summed E-state index contributed by atoms with van der Waals surface area (Å²) in [5.74, 6) is -0.246. The third kappa shape index (κ3) is 3.97. The molecule has 154 valence electrons. The van der Waals surface area contributed by atoms with Gasteiger partial charge in [-0.05, 0) is 30.7 Å². The number of hydrogen-bond donors (Lipinski definition) is 0. The van der Waals surface area contributed by atoms with Gasteiger partial charge in [-0.3, -0.25) is 4.79 Å². The Morgan fingerprint density at radius 3 is 2.38 bits per heavy atom. The molecule has 0 radical (unpaired) electrons. The van der Waals surface area contributed by atoms with Gasteiger partial charge >= 0.3 is 0 Å². The zero-order valence-electron chi connectivity index (χ0n) is 16.2. The number of nitrogens with zero attached hydrogens (tertiary/aromatic N) is 4. The molecule has 2 fully saturated rings. The summed E-state index contributed by atoms with van der Waals surface area (Å²) in [4.78, 5) is 20.9. The molecule has 0 bridgehead atoms. The van der Waals surface area contributed by atoms with Gasteiger partial charge in [0.05, 0.1) is 5.92 Å². The van der Waals surface area contributed by atoms with Crippen LogP contribution in [0.2, 0.25) is 5.15 Å². The first-order valence-corrected chi connectivity index (χ1v) is 11.4. The summed E-state index contributed by atoms with van der Waals surface area (Å²) in [5, 5.41) is 0.287. The molecular formula is C20H23ClN4O3S. The second-order valence-electron chi connectivity index (χ2n) is 7.45. The molecule has 2 saturated heterocycles. The lowest BCUT2D eigenvalue weighted by molar-refractivity contribution is -0.139. The molecule has 1 amide bonds. The van der Waals surface area contributed by atoms with Gasteiger partial charge in [0.15, 0.2) is 0 Å². The summed E-state index contributed by atoms with van der Waals surface area (Å²) in [5.41, 5.74) is 1.77. The molecule has 2 aromatic rings. The summed E-state index contributed by atoms with van der Waals surface area (Å²) in [6.45, 7) is 4.99. The molecular weight excluding hydrogens is 412 g/mol. The van der Waals surface area contributed by atoms with Crippen LogP contribution in [0.15, 0.2) is 47.5 Å². The number of sulfonamides is 1. The van der Waals surface area contributed by atoms with Gasteiger partial charge in [0.25, 0.3) is 0 Å². The summed E-state index contributed by atoms with van der Waals surface area (Å²) >= 11 is 5.89. The minimum Gasteiger partial charge on any atom is -0.368 e. The number of para-hydroxylation sites is 1. The molecule has 2 aliphatic rings. The van der Waals surface area contributed by atoms with Crippen LogP contribution in [0, 0.1) is 12.8 Å². The van der Waals surface area contributed by atoms with Crippen LogP contribution in [-0.4, -0.2) is 67.8 Å². The van der Waals surface area contributed by atoms with Crippen LogP contribution in [0.4, 0.5) is 5.69 Å². The highest BCUT2D eigenvalue weighted by molar-refractivity contribution is 7.89. The smallest absolute Gasteiger partial charge is 0.244 e. The number of carbonyl (C=O) groups excluding carboxylic acids is 1. The van der Waals surface area contributed by atoms with Crippen molar-refractivity contribution in [3.63, 3.8) is 0 Å². The fourth-order valence-electron chi connectivity index (χ4n) is 3.70. The molecule has 2 aliphatic heterocycles. The van der Waals surface area contributed by atoms with Gasteiger partial charge in [-0.25, -0.2) is 13.4 Å². The number of amides is 1. The van der Waals surface area contributed by atoms with E-state index < -0.39 is 10.0 Å². The number of hydrogen-bond acceptors (Lipinski definition) is 5. The Labute approximate surface area is 175 Å². The third-order valence-electron chi connectivity index (χ3n) is 5.54.